The average molecular weight is 270 g/mol. The summed E-state index contributed by atoms with van der Waals surface area (Å²) in [6, 6.07) is 7.41. The highest BCUT2D eigenvalue weighted by Crippen LogP contribution is 2.28. The molecule has 1 aromatic rings. The number of rotatable bonds is 4. The Labute approximate surface area is 107 Å². The lowest BCUT2D eigenvalue weighted by Gasteiger charge is -2.28. The second-order valence-electron chi connectivity index (χ2n) is 4.68. The van der Waals surface area contributed by atoms with Gasteiger partial charge >= 0.3 is 0 Å². The summed E-state index contributed by atoms with van der Waals surface area (Å²) in [5, 5.41) is 3.25. The average Bonchev–Trinajstić information content (AvgIpc) is 2.66. The molecular formula is C12H18N2O3S. The van der Waals surface area contributed by atoms with E-state index in [4.69, 9.17) is 10.5 Å². The summed E-state index contributed by atoms with van der Waals surface area (Å²) >= 11 is 0. The maximum atomic E-state index is 11.6. The third-order valence-corrected chi connectivity index (χ3v) is 5.08. The van der Waals surface area contributed by atoms with Crippen molar-refractivity contribution in [3.05, 3.63) is 24.3 Å². The molecule has 1 unspecified atom stereocenters. The molecule has 1 aliphatic rings. The summed E-state index contributed by atoms with van der Waals surface area (Å²) in [7, 11) is -1.38. The van der Waals surface area contributed by atoms with E-state index in [0.29, 0.717) is 13.0 Å². The number of nitrogens with one attached hydrogen (secondary N) is 1. The predicted octanol–water partition coefficient (Wildman–Crippen LogP) is 0.623. The van der Waals surface area contributed by atoms with Gasteiger partial charge in [-0.3, -0.25) is 0 Å². The number of nitrogens with two attached hydrogens (primary N) is 1. The molecule has 1 heterocycles. The van der Waals surface area contributed by atoms with Gasteiger partial charge in [0.1, 0.15) is 5.75 Å². The van der Waals surface area contributed by atoms with Gasteiger partial charge in [-0.15, -0.1) is 0 Å². The molecule has 0 aliphatic carbocycles. The van der Waals surface area contributed by atoms with Crippen LogP contribution in [0.1, 0.15) is 6.42 Å². The van der Waals surface area contributed by atoms with Crippen LogP contribution in [0.15, 0.2) is 24.3 Å². The van der Waals surface area contributed by atoms with Crippen LogP contribution in [-0.2, 0) is 9.84 Å². The molecule has 0 spiro atoms. The summed E-state index contributed by atoms with van der Waals surface area (Å²) < 4.78 is 28.3. The van der Waals surface area contributed by atoms with Gasteiger partial charge in [-0.25, -0.2) is 8.42 Å². The molecule has 0 aromatic heterocycles. The fourth-order valence-corrected chi connectivity index (χ4v) is 4.26. The van der Waals surface area contributed by atoms with Crippen LogP contribution in [0.5, 0.6) is 5.75 Å². The molecule has 18 heavy (non-hydrogen) atoms. The Morgan fingerprint density at radius 2 is 2.28 bits per heavy atom. The maximum Gasteiger partial charge on any atom is 0.152 e. The van der Waals surface area contributed by atoms with Gasteiger partial charge < -0.3 is 15.8 Å². The van der Waals surface area contributed by atoms with Gasteiger partial charge in [0.15, 0.2) is 9.84 Å². The zero-order valence-corrected chi connectivity index (χ0v) is 11.2. The lowest BCUT2D eigenvalue weighted by Crippen LogP contribution is -2.46. The first kappa shape index (κ1) is 13.2. The summed E-state index contributed by atoms with van der Waals surface area (Å²) in [5.74, 6) is 1.02. The highest BCUT2D eigenvalue weighted by Gasteiger charge is 2.41. The Balaban J connectivity index is 2.21. The van der Waals surface area contributed by atoms with E-state index in [-0.39, 0.29) is 11.5 Å². The van der Waals surface area contributed by atoms with Crippen LogP contribution in [0.2, 0.25) is 0 Å². The van der Waals surface area contributed by atoms with E-state index in [2.05, 4.69) is 5.32 Å². The number of hydrogen-bond acceptors (Lipinski definition) is 5. The van der Waals surface area contributed by atoms with Gasteiger partial charge in [-0.2, -0.15) is 0 Å². The van der Waals surface area contributed by atoms with Crippen LogP contribution in [-0.4, -0.2) is 39.1 Å². The van der Waals surface area contributed by atoms with Crippen molar-refractivity contribution in [2.24, 2.45) is 5.73 Å². The summed E-state index contributed by atoms with van der Waals surface area (Å²) in [5.41, 5.74) is 6.03. The van der Waals surface area contributed by atoms with E-state index in [1.165, 1.54) is 0 Å². The molecule has 1 saturated heterocycles. The number of benzene rings is 1. The van der Waals surface area contributed by atoms with Crippen molar-refractivity contribution in [1.29, 1.82) is 0 Å². The second-order valence-corrected chi connectivity index (χ2v) is 6.87. The summed E-state index contributed by atoms with van der Waals surface area (Å²) in [6.45, 7) is 0.295. The number of sulfone groups is 1. The second kappa shape index (κ2) is 4.78. The monoisotopic (exact) mass is 270 g/mol. The zero-order valence-electron chi connectivity index (χ0n) is 10.3. The molecule has 100 valence electrons. The third-order valence-electron chi connectivity index (χ3n) is 3.26. The van der Waals surface area contributed by atoms with Crippen LogP contribution < -0.4 is 15.8 Å². The minimum Gasteiger partial charge on any atom is -0.497 e. The number of hydrogen-bond donors (Lipinski definition) is 2. The van der Waals surface area contributed by atoms with Crippen LogP contribution in [0, 0.1) is 0 Å². The minimum atomic E-state index is -2.98. The molecule has 0 amide bonds. The van der Waals surface area contributed by atoms with Crippen molar-refractivity contribution in [2.45, 2.75) is 12.0 Å². The van der Waals surface area contributed by atoms with Gasteiger partial charge in [0.25, 0.3) is 0 Å². The summed E-state index contributed by atoms with van der Waals surface area (Å²) in [4.78, 5) is 0. The van der Waals surface area contributed by atoms with Crippen molar-refractivity contribution < 1.29 is 13.2 Å². The van der Waals surface area contributed by atoms with E-state index in [1.54, 1.807) is 7.11 Å². The fraction of sp³-hybridized carbons (Fsp3) is 0.500. The van der Waals surface area contributed by atoms with Gasteiger partial charge in [-0.1, -0.05) is 6.07 Å². The van der Waals surface area contributed by atoms with E-state index in [0.717, 1.165) is 11.4 Å². The maximum absolute atomic E-state index is 11.6. The SMILES string of the molecule is COc1cccc(NC2(CN)CCS(=O)(=O)C2)c1. The first-order valence-electron chi connectivity index (χ1n) is 5.81. The van der Waals surface area contributed by atoms with Crippen LogP contribution >= 0.6 is 0 Å². The Morgan fingerprint density at radius 1 is 1.50 bits per heavy atom. The Hall–Kier alpha value is -1.27. The molecule has 1 aliphatic heterocycles. The van der Waals surface area contributed by atoms with E-state index >= 15 is 0 Å². The lowest BCUT2D eigenvalue weighted by atomic mass is 9.99. The molecule has 1 fully saturated rings. The molecule has 0 radical (unpaired) electrons. The van der Waals surface area contributed by atoms with Crippen molar-refractivity contribution in [1.82, 2.24) is 0 Å². The van der Waals surface area contributed by atoms with Crippen molar-refractivity contribution >= 4 is 15.5 Å². The predicted molar refractivity (Wildman–Crippen MR) is 71.7 cm³/mol. The standard InChI is InChI=1S/C12H18N2O3S/c1-17-11-4-2-3-10(7-11)14-12(8-13)5-6-18(15,16)9-12/h2-4,7,14H,5-6,8-9,13H2,1H3. The van der Waals surface area contributed by atoms with Crippen LogP contribution in [0.25, 0.3) is 0 Å². The zero-order chi connectivity index (χ0) is 13.2. The Bertz CT molecular complexity index is 530. The molecular weight excluding hydrogens is 252 g/mol. The normalized spacial score (nSPS) is 25.9. The minimum absolute atomic E-state index is 0.0910. The topological polar surface area (TPSA) is 81.4 Å². The fourth-order valence-electron chi connectivity index (χ4n) is 2.23. The molecule has 0 saturated carbocycles. The lowest BCUT2D eigenvalue weighted by molar-refractivity contribution is 0.414. The first-order valence-corrected chi connectivity index (χ1v) is 7.63. The molecule has 3 N–H and O–H groups in total. The van der Waals surface area contributed by atoms with Crippen LogP contribution in [0.3, 0.4) is 0 Å². The molecule has 1 aromatic carbocycles. The van der Waals surface area contributed by atoms with Gasteiger partial charge in [0, 0.05) is 18.3 Å². The highest BCUT2D eigenvalue weighted by atomic mass is 32.2. The van der Waals surface area contributed by atoms with Crippen molar-refractivity contribution in [2.75, 3.05) is 30.5 Å². The van der Waals surface area contributed by atoms with E-state index < -0.39 is 15.4 Å². The number of ether oxygens (including phenoxy) is 1. The summed E-state index contributed by atoms with van der Waals surface area (Å²) in [6.07, 6.45) is 0.545. The van der Waals surface area contributed by atoms with Crippen molar-refractivity contribution in [3.63, 3.8) is 0 Å². The Kier molecular flexibility index (Phi) is 3.49. The Morgan fingerprint density at radius 3 is 2.83 bits per heavy atom. The third kappa shape index (κ3) is 2.76. The molecule has 6 heteroatoms. The van der Waals surface area contributed by atoms with E-state index in [9.17, 15) is 8.42 Å². The van der Waals surface area contributed by atoms with Crippen molar-refractivity contribution in [3.8, 4) is 5.75 Å². The molecule has 0 bridgehead atoms. The van der Waals surface area contributed by atoms with Gasteiger partial charge in [0.05, 0.1) is 24.2 Å². The molecule has 5 nitrogen and oxygen atoms in total. The number of methoxy groups -OCH3 is 1. The quantitative estimate of drug-likeness (QED) is 0.838. The molecule has 2 rings (SSSR count). The highest BCUT2D eigenvalue weighted by molar-refractivity contribution is 7.91. The van der Waals surface area contributed by atoms with E-state index in [1.807, 2.05) is 24.3 Å². The largest absolute Gasteiger partial charge is 0.497 e. The number of anilines is 1. The van der Waals surface area contributed by atoms with Crippen LogP contribution in [0.4, 0.5) is 5.69 Å². The molecule has 1 atom stereocenters. The smallest absolute Gasteiger partial charge is 0.152 e. The van der Waals surface area contributed by atoms with Gasteiger partial charge in [0.2, 0.25) is 0 Å². The first-order chi connectivity index (χ1) is 8.49. The van der Waals surface area contributed by atoms with Gasteiger partial charge in [-0.05, 0) is 18.6 Å².